The van der Waals surface area contributed by atoms with E-state index in [9.17, 15) is 14.9 Å². The number of nitro groups is 1. The minimum absolute atomic E-state index is 0.0166. The van der Waals surface area contributed by atoms with Gasteiger partial charge in [-0.1, -0.05) is 37.3 Å². The molecule has 0 aromatic heterocycles. The zero-order valence-corrected chi connectivity index (χ0v) is 16.9. The van der Waals surface area contributed by atoms with Crippen LogP contribution in [-0.4, -0.2) is 23.0 Å². The molecule has 0 heterocycles. The molecule has 2 rings (SSSR count). The summed E-state index contributed by atoms with van der Waals surface area (Å²) in [6.07, 6.45) is 1.20. The zero-order valence-electron chi connectivity index (χ0n) is 16.9. The summed E-state index contributed by atoms with van der Waals surface area (Å²) >= 11 is 0. The van der Waals surface area contributed by atoms with E-state index in [1.165, 1.54) is 12.1 Å². The van der Waals surface area contributed by atoms with E-state index in [0.29, 0.717) is 18.5 Å². The first-order valence-corrected chi connectivity index (χ1v) is 9.45. The number of carbonyl (C=O) groups is 1. The van der Waals surface area contributed by atoms with E-state index in [1.54, 1.807) is 12.1 Å². The topological polar surface area (TPSA) is 81.5 Å². The monoisotopic (exact) mass is 384 g/mol. The van der Waals surface area contributed by atoms with Gasteiger partial charge >= 0.3 is 5.97 Å². The average Bonchev–Trinajstić information content (AvgIpc) is 2.64. The second-order valence-corrected chi connectivity index (χ2v) is 7.80. The number of nitrogens with one attached hydrogen (secondary N) is 1. The third kappa shape index (κ3) is 5.39. The number of benzene rings is 2. The molecule has 28 heavy (non-hydrogen) atoms. The number of rotatable bonds is 8. The van der Waals surface area contributed by atoms with Crippen LogP contribution in [0.15, 0.2) is 54.6 Å². The molecule has 0 unspecified atom stereocenters. The van der Waals surface area contributed by atoms with E-state index in [2.05, 4.69) is 5.32 Å². The Kier molecular flexibility index (Phi) is 6.91. The van der Waals surface area contributed by atoms with Crippen LogP contribution in [0.5, 0.6) is 0 Å². The highest BCUT2D eigenvalue weighted by Crippen LogP contribution is 2.31. The predicted molar refractivity (Wildman–Crippen MR) is 109 cm³/mol. The Morgan fingerprint density at radius 2 is 1.68 bits per heavy atom. The number of non-ortho nitro benzene ring substituents is 1. The van der Waals surface area contributed by atoms with E-state index >= 15 is 0 Å². The number of carbonyl (C=O) groups excluding carboxylic acids is 1. The van der Waals surface area contributed by atoms with Crippen molar-refractivity contribution in [3.63, 3.8) is 0 Å². The highest BCUT2D eigenvalue weighted by Gasteiger charge is 2.43. The van der Waals surface area contributed by atoms with E-state index < -0.39 is 22.0 Å². The third-order valence-corrected chi connectivity index (χ3v) is 4.31. The molecule has 0 amide bonds. The van der Waals surface area contributed by atoms with E-state index in [-0.39, 0.29) is 5.69 Å². The van der Waals surface area contributed by atoms with E-state index in [0.717, 1.165) is 12.0 Å². The summed E-state index contributed by atoms with van der Waals surface area (Å²) in [5.74, 6) is -0.397. The van der Waals surface area contributed by atoms with Crippen LogP contribution in [0.25, 0.3) is 0 Å². The molecule has 0 saturated heterocycles. The summed E-state index contributed by atoms with van der Waals surface area (Å²) in [5.41, 5.74) is -0.204. The Bertz CT molecular complexity index is 798. The Labute approximate surface area is 166 Å². The first-order chi connectivity index (χ1) is 13.2. The standard InChI is InChI=1S/C22H28N2O4/c1-5-15-23-22(20(25)28-21(2,3)4,16-17-9-7-6-8-10-17)18-11-13-19(14-12-18)24(26)27/h6-14,23H,5,15-16H2,1-4H3/t22-/m1/s1. The van der Waals surface area contributed by atoms with Crippen LogP contribution in [0.3, 0.4) is 0 Å². The normalized spacial score (nSPS) is 13.6. The number of hydrogen-bond acceptors (Lipinski definition) is 5. The van der Waals surface area contributed by atoms with Crippen molar-refractivity contribution in [2.24, 2.45) is 0 Å². The van der Waals surface area contributed by atoms with Crippen molar-refractivity contribution in [2.75, 3.05) is 6.54 Å². The van der Waals surface area contributed by atoms with Gasteiger partial charge in [0.2, 0.25) is 0 Å². The minimum atomic E-state index is -1.14. The van der Waals surface area contributed by atoms with Crippen molar-refractivity contribution < 1.29 is 14.5 Å². The Hall–Kier alpha value is -2.73. The molecular weight excluding hydrogens is 356 g/mol. The Balaban J connectivity index is 2.57. The number of ether oxygens (including phenoxy) is 1. The van der Waals surface area contributed by atoms with Crippen molar-refractivity contribution in [1.29, 1.82) is 0 Å². The van der Waals surface area contributed by atoms with Crippen LogP contribution in [0, 0.1) is 10.1 Å². The Morgan fingerprint density at radius 3 is 2.18 bits per heavy atom. The predicted octanol–water partition coefficient (Wildman–Crippen LogP) is 4.37. The van der Waals surface area contributed by atoms with Crippen LogP contribution < -0.4 is 5.32 Å². The molecule has 0 spiro atoms. The second-order valence-electron chi connectivity index (χ2n) is 7.80. The van der Waals surface area contributed by atoms with Crippen molar-refractivity contribution in [3.05, 3.63) is 75.8 Å². The van der Waals surface area contributed by atoms with Gasteiger partial charge in [0.25, 0.3) is 5.69 Å². The molecule has 0 saturated carbocycles. The maximum absolute atomic E-state index is 13.4. The summed E-state index contributed by atoms with van der Waals surface area (Å²) in [6, 6.07) is 15.8. The van der Waals surface area contributed by atoms with Crippen LogP contribution in [0.2, 0.25) is 0 Å². The molecule has 1 N–H and O–H groups in total. The molecule has 150 valence electrons. The maximum atomic E-state index is 13.4. The van der Waals surface area contributed by atoms with Crippen molar-refractivity contribution >= 4 is 11.7 Å². The maximum Gasteiger partial charge on any atom is 0.331 e. The molecule has 0 aliphatic heterocycles. The fraction of sp³-hybridized carbons (Fsp3) is 0.409. The fourth-order valence-electron chi connectivity index (χ4n) is 3.00. The van der Waals surface area contributed by atoms with E-state index in [4.69, 9.17) is 4.74 Å². The van der Waals surface area contributed by atoms with Crippen molar-refractivity contribution in [3.8, 4) is 0 Å². The summed E-state index contributed by atoms with van der Waals surface area (Å²) in [5, 5.41) is 14.4. The summed E-state index contributed by atoms with van der Waals surface area (Å²) in [7, 11) is 0. The molecule has 0 fully saturated rings. The van der Waals surface area contributed by atoms with Gasteiger partial charge in [-0.25, -0.2) is 4.79 Å². The molecule has 6 nitrogen and oxygen atoms in total. The zero-order chi connectivity index (χ0) is 20.8. The molecule has 2 aromatic rings. The summed E-state index contributed by atoms with van der Waals surface area (Å²) in [6.45, 7) is 8.10. The molecule has 0 bridgehead atoms. The molecule has 0 aliphatic rings. The van der Waals surface area contributed by atoms with Gasteiger partial charge in [-0.3, -0.25) is 15.4 Å². The van der Waals surface area contributed by atoms with Gasteiger partial charge in [0.15, 0.2) is 0 Å². The largest absolute Gasteiger partial charge is 0.458 e. The number of hydrogen-bond donors (Lipinski definition) is 1. The number of nitro benzene ring substituents is 1. The summed E-state index contributed by atoms with van der Waals surface area (Å²) < 4.78 is 5.77. The lowest BCUT2D eigenvalue weighted by Gasteiger charge is -2.36. The van der Waals surface area contributed by atoms with E-state index in [1.807, 2.05) is 58.0 Å². The van der Waals surface area contributed by atoms with Gasteiger partial charge in [-0.05, 0) is 57.0 Å². The lowest BCUT2D eigenvalue weighted by molar-refractivity contribution is -0.384. The van der Waals surface area contributed by atoms with Gasteiger partial charge in [-0.15, -0.1) is 0 Å². The van der Waals surface area contributed by atoms with Gasteiger partial charge in [0, 0.05) is 18.6 Å². The van der Waals surface area contributed by atoms with Crippen molar-refractivity contribution in [2.45, 2.75) is 51.7 Å². The first kappa shape index (κ1) is 21.6. The molecule has 2 aromatic carbocycles. The van der Waals surface area contributed by atoms with Gasteiger partial charge < -0.3 is 4.74 Å². The minimum Gasteiger partial charge on any atom is -0.458 e. The summed E-state index contributed by atoms with van der Waals surface area (Å²) in [4.78, 5) is 24.0. The SMILES string of the molecule is CCCN[C@@](Cc1ccccc1)(C(=O)OC(C)(C)C)c1ccc([N+](=O)[O-])cc1. The van der Waals surface area contributed by atoms with Gasteiger partial charge in [0.05, 0.1) is 4.92 Å². The second kappa shape index (κ2) is 8.97. The van der Waals surface area contributed by atoms with Crippen LogP contribution >= 0.6 is 0 Å². The molecule has 1 atom stereocenters. The van der Waals surface area contributed by atoms with Crippen LogP contribution in [0.4, 0.5) is 5.69 Å². The lowest BCUT2D eigenvalue weighted by atomic mass is 9.83. The van der Waals surface area contributed by atoms with Crippen LogP contribution in [0.1, 0.15) is 45.2 Å². The number of nitrogens with zero attached hydrogens (tertiary/aromatic N) is 1. The van der Waals surface area contributed by atoms with Crippen LogP contribution in [-0.2, 0) is 21.5 Å². The third-order valence-electron chi connectivity index (χ3n) is 4.31. The highest BCUT2D eigenvalue weighted by atomic mass is 16.6. The average molecular weight is 384 g/mol. The quantitative estimate of drug-likeness (QED) is 0.415. The fourth-order valence-corrected chi connectivity index (χ4v) is 3.00. The molecular formula is C22H28N2O4. The first-order valence-electron chi connectivity index (χ1n) is 9.45. The Morgan fingerprint density at radius 1 is 1.07 bits per heavy atom. The molecule has 6 heteroatoms. The highest BCUT2D eigenvalue weighted by molar-refractivity contribution is 5.83. The number of esters is 1. The smallest absolute Gasteiger partial charge is 0.331 e. The van der Waals surface area contributed by atoms with Crippen molar-refractivity contribution in [1.82, 2.24) is 5.32 Å². The molecule has 0 aliphatic carbocycles. The lowest BCUT2D eigenvalue weighted by Crippen LogP contribution is -2.53. The van der Waals surface area contributed by atoms with Gasteiger partial charge in [0.1, 0.15) is 11.1 Å². The molecule has 0 radical (unpaired) electrons. The van der Waals surface area contributed by atoms with Gasteiger partial charge in [-0.2, -0.15) is 0 Å².